The SMILES string of the molecule is COC(CCC[C@@H]1CC(=O)C[C@@H](C)[C@]1(C)[C@@H]1C[C@H]2CCO[C@H]2O1)OC. The van der Waals surface area contributed by atoms with Crippen LogP contribution in [0.5, 0.6) is 0 Å². The fourth-order valence-corrected chi connectivity index (χ4v) is 5.28. The zero-order chi connectivity index (χ0) is 18.0. The first-order chi connectivity index (χ1) is 12.0. The molecule has 5 nitrogen and oxygen atoms in total. The van der Waals surface area contributed by atoms with Crippen LogP contribution in [0.3, 0.4) is 0 Å². The number of fused-ring (bicyclic) bond motifs is 1. The van der Waals surface area contributed by atoms with Crippen LogP contribution >= 0.6 is 0 Å². The van der Waals surface area contributed by atoms with E-state index in [-0.39, 0.29) is 24.1 Å². The Morgan fingerprint density at radius 3 is 2.72 bits per heavy atom. The van der Waals surface area contributed by atoms with E-state index in [1.807, 2.05) is 0 Å². The molecule has 144 valence electrons. The molecular formula is C20H34O5. The van der Waals surface area contributed by atoms with Gasteiger partial charge < -0.3 is 18.9 Å². The van der Waals surface area contributed by atoms with Crippen molar-refractivity contribution in [1.82, 2.24) is 0 Å². The molecule has 0 aromatic carbocycles. The van der Waals surface area contributed by atoms with Crippen LogP contribution in [0.1, 0.15) is 58.8 Å². The Labute approximate surface area is 151 Å². The molecule has 2 aliphatic heterocycles. The number of hydrogen-bond acceptors (Lipinski definition) is 5. The molecule has 0 aromatic rings. The third kappa shape index (κ3) is 3.80. The molecule has 5 heteroatoms. The lowest BCUT2D eigenvalue weighted by atomic mass is 9.57. The number of rotatable bonds is 7. The molecule has 3 aliphatic rings. The topological polar surface area (TPSA) is 54.0 Å². The highest BCUT2D eigenvalue weighted by Crippen LogP contribution is 2.54. The second-order valence-corrected chi connectivity index (χ2v) is 8.39. The first-order valence-corrected chi connectivity index (χ1v) is 9.83. The van der Waals surface area contributed by atoms with Crippen molar-refractivity contribution in [3.05, 3.63) is 0 Å². The van der Waals surface area contributed by atoms with Crippen molar-refractivity contribution in [3.63, 3.8) is 0 Å². The molecule has 1 aliphatic carbocycles. The first kappa shape index (κ1) is 19.3. The maximum Gasteiger partial charge on any atom is 0.160 e. The summed E-state index contributed by atoms with van der Waals surface area (Å²) < 4.78 is 22.7. The lowest BCUT2D eigenvalue weighted by Crippen LogP contribution is -2.49. The van der Waals surface area contributed by atoms with Gasteiger partial charge in [0.1, 0.15) is 5.78 Å². The summed E-state index contributed by atoms with van der Waals surface area (Å²) in [5.41, 5.74) is 0.0389. The molecule has 0 aromatic heterocycles. The second-order valence-electron chi connectivity index (χ2n) is 8.39. The van der Waals surface area contributed by atoms with Crippen LogP contribution in [0.2, 0.25) is 0 Å². The molecular weight excluding hydrogens is 320 g/mol. The highest BCUT2D eigenvalue weighted by Gasteiger charge is 2.54. The molecule has 0 radical (unpaired) electrons. The fourth-order valence-electron chi connectivity index (χ4n) is 5.28. The third-order valence-corrected chi connectivity index (χ3v) is 7.13. The molecule has 25 heavy (non-hydrogen) atoms. The van der Waals surface area contributed by atoms with E-state index in [0.717, 1.165) is 38.7 Å². The summed E-state index contributed by atoms with van der Waals surface area (Å²) in [6.07, 6.45) is 6.47. The summed E-state index contributed by atoms with van der Waals surface area (Å²) in [5.74, 6) is 1.66. The van der Waals surface area contributed by atoms with E-state index in [2.05, 4.69) is 13.8 Å². The van der Waals surface area contributed by atoms with Crippen molar-refractivity contribution < 1.29 is 23.7 Å². The van der Waals surface area contributed by atoms with Crippen molar-refractivity contribution in [2.24, 2.45) is 23.2 Å². The van der Waals surface area contributed by atoms with Crippen LogP contribution in [-0.4, -0.2) is 45.3 Å². The minimum Gasteiger partial charge on any atom is -0.356 e. The summed E-state index contributed by atoms with van der Waals surface area (Å²) in [5, 5.41) is 0. The summed E-state index contributed by atoms with van der Waals surface area (Å²) in [6.45, 7) is 5.41. The zero-order valence-electron chi connectivity index (χ0n) is 16.2. The Hall–Kier alpha value is -0.490. The number of Topliss-reactive ketones (excluding diaryl/α,β-unsaturated/α-hetero) is 1. The molecule has 0 spiro atoms. The zero-order valence-corrected chi connectivity index (χ0v) is 16.2. The minimum absolute atomic E-state index is 0.0151. The van der Waals surface area contributed by atoms with Crippen molar-refractivity contribution in [2.75, 3.05) is 20.8 Å². The van der Waals surface area contributed by atoms with Gasteiger partial charge in [0.25, 0.3) is 0 Å². The molecule has 2 heterocycles. The van der Waals surface area contributed by atoms with Crippen LogP contribution in [0.15, 0.2) is 0 Å². The van der Waals surface area contributed by atoms with Gasteiger partial charge in [0.05, 0.1) is 12.7 Å². The average Bonchev–Trinajstić information content (AvgIpc) is 3.17. The molecule has 1 saturated carbocycles. The average molecular weight is 354 g/mol. The quantitative estimate of drug-likeness (QED) is 0.655. The van der Waals surface area contributed by atoms with E-state index in [1.54, 1.807) is 14.2 Å². The van der Waals surface area contributed by atoms with Crippen molar-refractivity contribution in [2.45, 2.75) is 77.5 Å². The number of ether oxygens (including phenoxy) is 4. The van der Waals surface area contributed by atoms with Gasteiger partial charge in [0.15, 0.2) is 12.6 Å². The van der Waals surface area contributed by atoms with Gasteiger partial charge in [-0.3, -0.25) is 4.79 Å². The largest absolute Gasteiger partial charge is 0.356 e. The lowest BCUT2D eigenvalue weighted by Gasteiger charge is -2.49. The number of ketones is 1. The van der Waals surface area contributed by atoms with Crippen molar-refractivity contribution in [3.8, 4) is 0 Å². The van der Waals surface area contributed by atoms with Gasteiger partial charge in [-0.05, 0) is 43.9 Å². The maximum absolute atomic E-state index is 12.3. The van der Waals surface area contributed by atoms with E-state index in [9.17, 15) is 4.79 Å². The summed E-state index contributed by atoms with van der Waals surface area (Å²) >= 11 is 0. The highest BCUT2D eigenvalue weighted by atomic mass is 16.7. The summed E-state index contributed by atoms with van der Waals surface area (Å²) in [7, 11) is 3.35. The predicted molar refractivity (Wildman–Crippen MR) is 94.0 cm³/mol. The van der Waals surface area contributed by atoms with Gasteiger partial charge in [0.2, 0.25) is 0 Å². The van der Waals surface area contributed by atoms with Crippen molar-refractivity contribution in [1.29, 1.82) is 0 Å². The number of carbonyl (C=O) groups is 1. The van der Waals surface area contributed by atoms with Gasteiger partial charge >= 0.3 is 0 Å². The second kappa shape index (κ2) is 8.03. The Balaban J connectivity index is 1.68. The smallest absolute Gasteiger partial charge is 0.160 e. The molecule has 0 N–H and O–H groups in total. The van der Waals surface area contributed by atoms with Crippen LogP contribution in [0.25, 0.3) is 0 Å². The molecule has 0 unspecified atom stereocenters. The number of hydrogen-bond donors (Lipinski definition) is 0. The number of methoxy groups -OCH3 is 2. The molecule has 6 atom stereocenters. The van der Waals surface area contributed by atoms with Crippen LogP contribution < -0.4 is 0 Å². The Kier molecular flexibility index (Phi) is 6.19. The molecule has 2 saturated heterocycles. The third-order valence-electron chi connectivity index (χ3n) is 7.13. The molecule has 0 bridgehead atoms. The lowest BCUT2D eigenvalue weighted by molar-refractivity contribution is -0.173. The fraction of sp³-hybridized carbons (Fsp3) is 0.950. The summed E-state index contributed by atoms with van der Waals surface area (Å²) in [4.78, 5) is 12.3. The monoisotopic (exact) mass is 354 g/mol. The summed E-state index contributed by atoms with van der Waals surface area (Å²) in [6, 6.07) is 0. The molecule has 3 rings (SSSR count). The van der Waals surface area contributed by atoms with Gasteiger partial charge in [-0.15, -0.1) is 0 Å². The normalized spacial score (nSPS) is 41.5. The molecule has 3 fully saturated rings. The van der Waals surface area contributed by atoms with E-state index >= 15 is 0 Å². The van der Waals surface area contributed by atoms with Crippen LogP contribution in [-0.2, 0) is 23.7 Å². The number of carbonyl (C=O) groups excluding carboxylic acids is 1. The highest BCUT2D eigenvalue weighted by molar-refractivity contribution is 5.80. The van der Waals surface area contributed by atoms with Crippen LogP contribution in [0, 0.1) is 23.2 Å². The maximum atomic E-state index is 12.3. The Morgan fingerprint density at radius 1 is 1.28 bits per heavy atom. The van der Waals surface area contributed by atoms with E-state index in [4.69, 9.17) is 18.9 Å². The Morgan fingerprint density at radius 2 is 2.04 bits per heavy atom. The van der Waals surface area contributed by atoms with E-state index in [0.29, 0.717) is 36.4 Å². The van der Waals surface area contributed by atoms with Gasteiger partial charge in [-0.1, -0.05) is 13.8 Å². The Bertz CT molecular complexity index is 451. The standard InChI is InChI=1S/C20H34O5/c1-13-10-16(21)12-15(6-5-7-18(22-3)23-4)20(13,2)17-11-14-8-9-24-19(14)25-17/h13-15,17-19H,5-12H2,1-4H3/t13-,14-,15-,17+,19+,20+/m1/s1. The van der Waals surface area contributed by atoms with Crippen LogP contribution in [0.4, 0.5) is 0 Å². The van der Waals surface area contributed by atoms with Gasteiger partial charge in [-0.25, -0.2) is 0 Å². The van der Waals surface area contributed by atoms with Crippen molar-refractivity contribution >= 4 is 5.78 Å². The van der Waals surface area contributed by atoms with Gasteiger partial charge in [-0.2, -0.15) is 0 Å². The van der Waals surface area contributed by atoms with E-state index in [1.165, 1.54) is 0 Å². The van der Waals surface area contributed by atoms with E-state index < -0.39 is 0 Å². The van der Waals surface area contributed by atoms with Gasteiger partial charge in [0, 0.05) is 38.4 Å². The minimum atomic E-state index is -0.154. The predicted octanol–water partition coefficient (Wildman–Crippen LogP) is 3.55. The first-order valence-electron chi connectivity index (χ1n) is 9.83. The molecule has 0 amide bonds.